The first-order valence-electron chi connectivity index (χ1n) is 7.36. The Balaban J connectivity index is 2.14. The van der Waals surface area contributed by atoms with Crippen LogP contribution in [0.25, 0.3) is 6.08 Å². The van der Waals surface area contributed by atoms with E-state index in [1.54, 1.807) is 26.4 Å². The number of ether oxygens (including phenoxy) is 2. The van der Waals surface area contributed by atoms with Crippen molar-refractivity contribution in [3.8, 4) is 11.5 Å². The van der Waals surface area contributed by atoms with Gasteiger partial charge < -0.3 is 14.4 Å². The van der Waals surface area contributed by atoms with E-state index in [2.05, 4.69) is 6.92 Å². The van der Waals surface area contributed by atoms with Crippen molar-refractivity contribution in [2.24, 2.45) is 0 Å². The number of amides is 1. The predicted molar refractivity (Wildman–Crippen MR) is 83.6 cm³/mol. The number of hydrogen-bond acceptors (Lipinski definition) is 3. The van der Waals surface area contributed by atoms with Crippen LogP contribution in [0.1, 0.15) is 31.7 Å². The fourth-order valence-corrected chi connectivity index (χ4v) is 2.65. The van der Waals surface area contributed by atoms with E-state index >= 15 is 0 Å². The smallest absolute Gasteiger partial charge is 0.246 e. The van der Waals surface area contributed by atoms with Crippen LogP contribution >= 0.6 is 0 Å². The molecule has 1 aromatic carbocycles. The molecule has 1 aliphatic rings. The van der Waals surface area contributed by atoms with Gasteiger partial charge in [-0.15, -0.1) is 0 Å². The van der Waals surface area contributed by atoms with Crippen LogP contribution < -0.4 is 9.47 Å². The van der Waals surface area contributed by atoms with Crippen LogP contribution in [0.3, 0.4) is 0 Å². The highest BCUT2D eigenvalue weighted by atomic mass is 16.5. The molecule has 1 atom stereocenters. The van der Waals surface area contributed by atoms with Crippen LogP contribution in [-0.4, -0.2) is 37.6 Å². The molecule has 1 fully saturated rings. The van der Waals surface area contributed by atoms with Gasteiger partial charge in [-0.05, 0) is 50.5 Å². The third kappa shape index (κ3) is 3.78. The van der Waals surface area contributed by atoms with Crippen molar-refractivity contribution in [3.63, 3.8) is 0 Å². The second-order valence-corrected chi connectivity index (χ2v) is 5.32. The van der Waals surface area contributed by atoms with E-state index in [1.807, 2.05) is 23.1 Å². The fraction of sp³-hybridized carbons (Fsp3) is 0.471. The van der Waals surface area contributed by atoms with Gasteiger partial charge in [0.1, 0.15) is 11.5 Å². The fourth-order valence-electron chi connectivity index (χ4n) is 2.65. The standard InChI is InChI=1S/C17H23NO3/c1-13-6-4-5-11-18(13)17(19)10-7-14-12-15(20-2)8-9-16(14)21-3/h7-10,12-13H,4-6,11H2,1-3H3/b10-7+/t13-/m1/s1. The molecule has 0 N–H and O–H groups in total. The summed E-state index contributed by atoms with van der Waals surface area (Å²) >= 11 is 0. The Hall–Kier alpha value is -1.97. The molecule has 0 unspecified atom stereocenters. The first-order valence-corrected chi connectivity index (χ1v) is 7.36. The Morgan fingerprint density at radius 3 is 2.76 bits per heavy atom. The molecule has 0 saturated carbocycles. The van der Waals surface area contributed by atoms with Crippen molar-refractivity contribution in [1.29, 1.82) is 0 Å². The Morgan fingerprint density at radius 2 is 2.10 bits per heavy atom. The normalized spacial score (nSPS) is 18.8. The lowest BCUT2D eigenvalue weighted by Crippen LogP contribution is -2.41. The van der Waals surface area contributed by atoms with E-state index in [0.717, 1.165) is 36.4 Å². The predicted octanol–water partition coefficient (Wildman–Crippen LogP) is 3.12. The number of likely N-dealkylation sites (tertiary alicyclic amines) is 1. The molecule has 0 aromatic heterocycles. The molecule has 0 bridgehead atoms. The number of methoxy groups -OCH3 is 2. The minimum Gasteiger partial charge on any atom is -0.497 e. The number of carbonyl (C=O) groups is 1. The zero-order valence-electron chi connectivity index (χ0n) is 13.0. The molecular weight excluding hydrogens is 266 g/mol. The monoisotopic (exact) mass is 289 g/mol. The second-order valence-electron chi connectivity index (χ2n) is 5.32. The Morgan fingerprint density at radius 1 is 1.29 bits per heavy atom. The largest absolute Gasteiger partial charge is 0.497 e. The molecule has 0 aliphatic carbocycles. The summed E-state index contributed by atoms with van der Waals surface area (Å²) in [6.07, 6.45) is 6.80. The van der Waals surface area contributed by atoms with Crippen LogP contribution in [0.2, 0.25) is 0 Å². The maximum absolute atomic E-state index is 12.3. The molecule has 1 saturated heterocycles. The quantitative estimate of drug-likeness (QED) is 0.799. The van der Waals surface area contributed by atoms with Crippen molar-refractivity contribution in [3.05, 3.63) is 29.8 Å². The molecule has 0 spiro atoms. The van der Waals surface area contributed by atoms with Crippen molar-refractivity contribution in [2.45, 2.75) is 32.2 Å². The van der Waals surface area contributed by atoms with Gasteiger partial charge in [0.05, 0.1) is 14.2 Å². The molecule has 1 aliphatic heterocycles. The van der Waals surface area contributed by atoms with Crippen molar-refractivity contribution < 1.29 is 14.3 Å². The highest BCUT2D eigenvalue weighted by Crippen LogP contribution is 2.25. The van der Waals surface area contributed by atoms with Crippen LogP contribution in [-0.2, 0) is 4.79 Å². The number of hydrogen-bond donors (Lipinski definition) is 0. The van der Waals surface area contributed by atoms with Gasteiger partial charge in [-0.25, -0.2) is 0 Å². The topological polar surface area (TPSA) is 38.8 Å². The SMILES string of the molecule is COc1ccc(OC)c(/C=C/C(=O)N2CCCC[C@H]2C)c1. The molecule has 2 rings (SSSR count). The van der Waals surface area contributed by atoms with Crippen molar-refractivity contribution >= 4 is 12.0 Å². The van der Waals surface area contributed by atoms with Gasteiger partial charge in [-0.1, -0.05) is 0 Å². The highest BCUT2D eigenvalue weighted by Gasteiger charge is 2.21. The summed E-state index contributed by atoms with van der Waals surface area (Å²) in [4.78, 5) is 14.2. The maximum atomic E-state index is 12.3. The lowest BCUT2D eigenvalue weighted by atomic mass is 10.0. The summed E-state index contributed by atoms with van der Waals surface area (Å²) < 4.78 is 10.5. The molecular formula is C17H23NO3. The van der Waals surface area contributed by atoms with Crippen LogP contribution in [0.5, 0.6) is 11.5 Å². The lowest BCUT2D eigenvalue weighted by molar-refractivity contribution is -0.129. The summed E-state index contributed by atoms with van der Waals surface area (Å²) in [5, 5.41) is 0. The van der Waals surface area contributed by atoms with E-state index < -0.39 is 0 Å². The molecule has 1 amide bonds. The third-order valence-electron chi connectivity index (χ3n) is 3.93. The Kier molecular flexibility index (Phi) is 5.26. The third-order valence-corrected chi connectivity index (χ3v) is 3.93. The number of rotatable bonds is 4. The number of nitrogens with zero attached hydrogens (tertiary/aromatic N) is 1. The molecule has 1 aromatic rings. The van der Waals surface area contributed by atoms with Gasteiger partial charge in [0, 0.05) is 24.2 Å². The molecule has 1 heterocycles. The second kappa shape index (κ2) is 7.16. The number of piperidine rings is 1. The lowest BCUT2D eigenvalue weighted by Gasteiger charge is -2.32. The van der Waals surface area contributed by atoms with Gasteiger partial charge in [-0.3, -0.25) is 4.79 Å². The highest BCUT2D eigenvalue weighted by molar-refractivity contribution is 5.92. The van der Waals surface area contributed by atoms with E-state index in [1.165, 1.54) is 6.42 Å². The van der Waals surface area contributed by atoms with Crippen molar-refractivity contribution in [1.82, 2.24) is 4.90 Å². The Labute approximate surface area is 126 Å². The Bertz CT molecular complexity index is 525. The van der Waals surface area contributed by atoms with E-state index in [-0.39, 0.29) is 5.91 Å². The summed E-state index contributed by atoms with van der Waals surface area (Å²) in [7, 11) is 3.24. The molecule has 114 valence electrons. The van der Waals surface area contributed by atoms with Crippen LogP contribution in [0, 0.1) is 0 Å². The summed E-state index contributed by atoms with van der Waals surface area (Å²) in [6, 6.07) is 5.86. The zero-order valence-corrected chi connectivity index (χ0v) is 13.0. The van der Waals surface area contributed by atoms with Crippen LogP contribution in [0.4, 0.5) is 0 Å². The first kappa shape index (κ1) is 15.4. The summed E-state index contributed by atoms with van der Waals surface area (Å²) in [6.45, 7) is 2.95. The van der Waals surface area contributed by atoms with E-state index in [9.17, 15) is 4.79 Å². The summed E-state index contributed by atoms with van der Waals surface area (Å²) in [5.74, 6) is 1.54. The minimum atomic E-state index is 0.0621. The average molecular weight is 289 g/mol. The van der Waals surface area contributed by atoms with Crippen molar-refractivity contribution in [2.75, 3.05) is 20.8 Å². The van der Waals surface area contributed by atoms with Crippen LogP contribution in [0.15, 0.2) is 24.3 Å². The number of benzene rings is 1. The van der Waals surface area contributed by atoms with Gasteiger partial charge in [0.15, 0.2) is 0 Å². The van der Waals surface area contributed by atoms with E-state index in [0.29, 0.717) is 6.04 Å². The van der Waals surface area contributed by atoms with Gasteiger partial charge >= 0.3 is 0 Å². The minimum absolute atomic E-state index is 0.0621. The van der Waals surface area contributed by atoms with Gasteiger partial charge in [-0.2, -0.15) is 0 Å². The summed E-state index contributed by atoms with van der Waals surface area (Å²) in [5.41, 5.74) is 0.842. The maximum Gasteiger partial charge on any atom is 0.246 e. The van der Waals surface area contributed by atoms with E-state index in [4.69, 9.17) is 9.47 Å². The zero-order chi connectivity index (χ0) is 15.2. The molecule has 0 radical (unpaired) electrons. The van der Waals surface area contributed by atoms with Gasteiger partial charge in [0.25, 0.3) is 0 Å². The number of carbonyl (C=O) groups excluding carboxylic acids is 1. The van der Waals surface area contributed by atoms with Gasteiger partial charge in [0.2, 0.25) is 5.91 Å². The first-order chi connectivity index (χ1) is 10.2. The average Bonchev–Trinajstić information content (AvgIpc) is 2.52. The molecule has 4 heteroatoms. The molecule has 21 heavy (non-hydrogen) atoms. The molecule has 4 nitrogen and oxygen atoms in total.